The number of nitrogens with zero attached hydrogens (tertiary/aromatic N) is 1. The lowest BCUT2D eigenvalue weighted by Crippen LogP contribution is -2.11. The molecular weight excluding hydrogens is 268 g/mol. The fraction of sp³-hybridized carbons (Fsp3) is 0.0769. The Labute approximate surface area is 114 Å². The molecule has 2 aromatic rings. The minimum absolute atomic E-state index is 0.122. The maximum atomic E-state index is 13.4. The molecule has 0 spiro atoms. The molecule has 6 heteroatoms. The van der Waals surface area contributed by atoms with Crippen LogP contribution < -0.4 is 11.1 Å². The van der Waals surface area contributed by atoms with Crippen LogP contribution in [0.5, 0.6) is 0 Å². The molecule has 3 nitrogen and oxygen atoms in total. The molecule has 0 saturated carbocycles. The van der Waals surface area contributed by atoms with Gasteiger partial charge in [-0.25, -0.2) is 13.8 Å². The largest absolute Gasteiger partial charge is 0.389 e. The normalized spacial score (nSPS) is 10.2. The summed E-state index contributed by atoms with van der Waals surface area (Å²) in [5.74, 6) is -0.462. The summed E-state index contributed by atoms with van der Waals surface area (Å²) in [7, 11) is 0. The lowest BCUT2D eigenvalue weighted by Gasteiger charge is -2.08. The highest BCUT2D eigenvalue weighted by Crippen LogP contribution is 2.13. The fourth-order valence-corrected chi connectivity index (χ4v) is 1.67. The van der Waals surface area contributed by atoms with E-state index in [4.69, 9.17) is 18.0 Å². The highest BCUT2D eigenvalue weighted by molar-refractivity contribution is 7.80. The Balaban J connectivity index is 2.12. The molecule has 2 rings (SSSR count). The second-order valence-corrected chi connectivity index (χ2v) is 4.32. The topological polar surface area (TPSA) is 50.9 Å². The number of hydrogen-bond acceptors (Lipinski definition) is 3. The molecule has 0 atom stereocenters. The van der Waals surface area contributed by atoms with E-state index in [2.05, 4.69) is 10.3 Å². The van der Waals surface area contributed by atoms with Gasteiger partial charge in [-0.3, -0.25) is 0 Å². The molecule has 0 aliphatic heterocycles. The first-order chi connectivity index (χ1) is 9.06. The standard InChI is InChI=1S/C13H11F2N3S/c14-10-1-2-11(15)9(5-10)7-18-12-6-8(13(16)19)3-4-17-12/h1-6H,7H2,(H2,16,19)(H,17,18). The first kappa shape index (κ1) is 13.4. The number of pyridine rings is 1. The van der Waals surface area contributed by atoms with Crippen LogP contribution in [0.4, 0.5) is 14.6 Å². The summed E-state index contributed by atoms with van der Waals surface area (Å²) in [6.07, 6.45) is 1.54. The van der Waals surface area contributed by atoms with E-state index in [0.29, 0.717) is 11.4 Å². The number of thiocarbonyl (C=S) groups is 1. The molecule has 1 aromatic carbocycles. The van der Waals surface area contributed by atoms with E-state index in [9.17, 15) is 8.78 Å². The maximum Gasteiger partial charge on any atom is 0.128 e. The van der Waals surface area contributed by atoms with Crippen LogP contribution in [0.25, 0.3) is 0 Å². The van der Waals surface area contributed by atoms with Gasteiger partial charge in [-0.05, 0) is 30.3 Å². The van der Waals surface area contributed by atoms with E-state index < -0.39 is 11.6 Å². The van der Waals surface area contributed by atoms with Crippen molar-refractivity contribution in [1.82, 2.24) is 4.98 Å². The molecule has 0 aliphatic carbocycles. The van der Waals surface area contributed by atoms with Crippen molar-refractivity contribution in [3.8, 4) is 0 Å². The van der Waals surface area contributed by atoms with Gasteiger partial charge in [0.1, 0.15) is 22.4 Å². The zero-order chi connectivity index (χ0) is 13.8. The van der Waals surface area contributed by atoms with Crippen LogP contribution in [0.15, 0.2) is 36.5 Å². The summed E-state index contributed by atoms with van der Waals surface area (Å²) in [5, 5.41) is 2.89. The lowest BCUT2D eigenvalue weighted by molar-refractivity contribution is 0.587. The van der Waals surface area contributed by atoms with E-state index in [1.165, 1.54) is 0 Å². The van der Waals surface area contributed by atoms with E-state index in [1.807, 2.05) is 0 Å². The minimum atomic E-state index is -0.483. The third kappa shape index (κ3) is 3.45. The highest BCUT2D eigenvalue weighted by atomic mass is 32.1. The van der Waals surface area contributed by atoms with Gasteiger partial charge in [-0.2, -0.15) is 0 Å². The third-order valence-corrected chi connectivity index (χ3v) is 2.75. The molecule has 0 saturated heterocycles. The first-order valence-electron chi connectivity index (χ1n) is 5.50. The van der Waals surface area contributed by atoms with Gasteiger partial charge in [0.25, 0.3) is 0 Å². The summed E-state index contributed by atoms with van der Waals surface area (Å²) in [6.45, 7) is 0.122. The average molecular weight is 279 g/mol. The van der Waals surface area contributed by atoms with Gasteiger partial charge in [-0.1, -0.05) is 12.2 Å². The molecule has 0 bridgehead atoms. The van der Waals surface area contributed by atoms with Crippen LogP contribution >= 0.6 is 12.2 Å². The maximum absolute atomic E-state index is 13.4. The Morgan fingerprint density at radius 2 is 2.05 bits per heavy atom. The van der Waals surface area contributed by atoms with Crippen LogP contribution in [0.3, 0.4) is 0 Å². The van der Waals surface area contributed by atoms with Crippen LogP contribution in [0, 0.1) is 11.6 Å². The van der Waals surface area contributed by atoms with Gasteiger partial charge < -0.3 is 11.1 Å². The van der Waals surface area contributed by atoms with Crippen LogP contribution in [-0.2, 0) is 6.54 Å². The molecule has 1 aromatic heterocycles. The Hall–Kier alpha value is -2.08. The second kappa shape index (κ2) is 5.71. The monoisotopic (exact) mass is 279 g/mol. The zero-order valence-corrected chi connectivity index (χ0v) is 10.7. The van der Waals surface area contributed by atoms with Gasteiger partial charge in [-0.15, -0.1) is 0 Å². The molecule has 0 amide bonds. The average Bonchev–Trinajstić information content (AvgIpc) is 2.40. The predicted octanol–water partition coefficient (Wildman–Crippen LogP) is 2.61. The quantitative estimate of drug-likeness (QED) is 0.845. The number of nitrogens with two attached hydrogens (primary N) is 1. The molecule has 3 N–H and O–H groups in total. The van der Waals surface area contributed by atoms with Gasteiger partial charge >= 0.3 is 0 Å². The van der Waals surface area contributed by atoms with Gasteiger partial charge in [0, 0.05) is 23.9 Å². The van der Waals surface area contributed by atoms with E-state index in [-0.39, 0.29) is 17.1 Å². The Bertz CT molecular complexity index is 617. The number of benzene rings is 1. The highest BCUT2D eigenvalue weighted by Gasteiger charge is 2.05. The van der Waals surface area contributed by atoms with Crippen molar-refractivity contribution in [2.75, 3.05) is 5.32 Å². The summed E-state index contributed by atoms with van der Waals surface area (Å²) in [5.41, 5.74) is 6.38. The van der Waals surface area contributed by atoms with Crippen molar-refractivity contribution < 1.29 is 8.78 Å². The first-order valence-corrected chi connectivity index (χ1v) is 5.91. The number of nitrogens with one attached hydrogen (secondary N) is 1. The van der Waals surface area contributed by atoms with Crippen molar-refractivity contribution in [1.29, 1.82) is 0 Å². The van der Waals surface area contributed by atoms with E-state index >= 15 is 0 Å². The van der Waals surface area contributed by atoms with Gasteiger partial charge in [0.15, 0.2) is 0 Å². The van der Waals surface area contributed by atoms with Crippen LogP contribution in [-0.4, -0.2) is 9.97 Å². The van der Waals surface area contributed by atoms with Crippen LogP contribution in [0.2, 0.25) is 0 Å². The third-order valence-electron chi connectivity index (χ3n) is 2.51. The Morgan fingerprint density at radius 1 is 1.26 bits per heavy atom. The number of halogens is 2. The van der Waals surface area contributed by atoms with Crippen molar-refractivity contribution in [2.24, 2.45) is 5.73 Å². The fourth-order valence-electron chi connectivity index (χ4n) is 1.55. The molecule has 98 valence electrons. The number of anilines is 1. The Kier molecular flexibility index (Phi) is 4.01. The summed E-state index contributed by atoms with van der Waals surface area (Å²) in [6, 6.07) is 6.63. The number of aromatic nitrogens is 1. The summed E-state index contributed by atoms with van der Waals surface area (Å²) in [4.78, 5) is 4.30. The molecule has 0 aliphatic rings. The SMILES string of the molecule is NC(=S)c1ccnc(NCc2cc(F)ccc2F)c1. The number of rotatable bonds is 4. The van der Waals surface area contributed by atoms with Gasteiger partial charge in [0.05, 0.1) is 0 Å². The molecule has 0 radical (unpaired) electrons. The molecule has 1 heterocycles. The lowest BCUT2D eigenvalue weighted by atomic mass is 10.2. The molecular formula is C13H11F2N3S. The predicted molar refractivity (Wildman–Crippen MR) is 73.8 cm³/mol. The molecule has 19 heavy (non-hydrogen) atoms. The number of hydrogen-bond donors (Lipinski definition) is 2. The smallest absolute Gasteiger partial charge is 0.128 e. The van der Waals surface area contributed by atoms with E-state index in [1.54, 1.807) is 18.3 Å². The van der Waals surface area contributed by atoms with Crippen molar-refractivity contribution >= 4 is 23.0 Å². The van der Waals surface area contributed by atoms with Crippen molar-refractivity contribution in [2.45, 2.75) is 6.54 Å². The molecule has 0 fully saturated rings. The van der Waals surface area contributed by atoms with Crippen molar-refractivity contribution in [3.05, 3.63) is 59.3 Å². The van der Waals surface area contributed by atoms with Gasteiger partial charge in [0.2, 0.25) is 0 Å². The Morgan fingerprint density at radius 3 is 2.79 bits per heavy atom. The zero-order valence-electron chi connectivity index (χ0n) is 9.86. The summed E-state index contributed by atoms with van der Waals surface area (Å²) < 4.78 is 26.4. The van der Waals surface area contributed by atoms with E-state index in [0.717, 1.165) is 18.2 Å². The second-order valence-electron chi connectivity index (χ2n) is 3.88. The molecule has 0 unspecified atom stereocenters. The van der Waals surface area contributed by atoms with Crippen LogP contribution in [0.1, 0.15) is 11.1 Å². The van der Waals surface area contributed by atoms with Crippen molar-refractivity contribution in [3.63, 3.8) is 0 Å². The minimum Gasteiger partial charge on any atom is -0.389 e. The summed E-state index contributed by atoms with van der Waals surface area (Å²) >= 11 is 4.85.